The van der Waals surface area contributed by atoms with Crippen LogP contribution in [-0.4, -0.2) is 42.0 Å². The van der Waals surface area contributed by atoms with E-state index in [4.69, 9.17) is 9.72 Å². The van der Waals surface area contributed by atoms with Crippen molar-refractivity contribution in [3.05, 3.63) is 47.7 Å². The van der Waals surface area contributed by atoms with Crippen LogP contribution in [-0.2, 0) is 4.74 Å². The highest BCUT2D eigenvalue weighted by molar-refractivity contribution is 8.00. The Bertz CT molecular complexity index is 1110. The number of nitriles is 1. The maximum absolute atomic E-state index is 9.96. The molecule has 0 unspecified atom stereocenters. The predicted molar refractivity (Wildman–Crippen MR) is 128 cm³/mol. The SMILES string of the molecule is CCCSNc1cccc(Nc2ccc3ncc(N4CCOCC4)nc3c2C#N)c1C. The number of fused-ring (bicyclic) bond motifs is 1. The summed E-state index contributed by atoms with van der Waals surface area (Å²) in [7, 11) is 0. The van der Waals surface area contributed by atoms with Gasteiger partial charge in [0.05, 0.1) is 30.6 Å². The first kappa shape index (κ1) is 21.2. The van der Waals surface area contributed by atoms with Crippen molar-refractivity contribution < 1.29 is 4.74 Å². The zero-order valence-electron chi connectivity index (χ0n) is 17.8. The lowest BCUT2D eigenvalue weighted by Gasteiger charge is -2.27. The standard InChI is InChI=1S/C23H26N6OS/c1-3-13-31-28-19-6-4-5-18(16(19)2)26-20-7-8-21-23(17(20)14-24)27-22(15-25-21)29-9-11-30-12-10-29/h4-8,15,26,28H,3,9-13H2,1-2H3. The molecule has 2 aromatic carbocycles. The fourth-order valence-corrected chi connectivity index (χ4v) is 4.17. The summed E-state index contributed by atoms with van der Waals surface area (Å²) in [5.74, 6) is 1.82. The third-order valence-corrected chi connectivity index (χ3v) is 6.22. The Hall–Kier alpha value is -3.02. The van der Waals surface area contributed by atoms with E-state index in [1.165, 1.54) is 0 Å². The van der Waals surface area contributed by atoms with E-state index in [9.17, 15) is 5.26 Å². The van der Waals surface area contributed by atoms with E-state index in [0.717, 1.165) is 53.7 Å². The van der Waals surface area contributed by atoms with Crippen LogP contribution in [0.1, 0.15) is 24.5 Å². The summed E-state index contributed by atoms with van der Waals surface area (Å²) in [6, 6.07) is 12.2. The van der Waals surface area contributed by atoms with E-state index in [2.05, 4.69) is 45.9 Å². The topological polar surface area (TPSA) is 86.1 Å². The van der Waals surface area contributed by atoms with Crippen molar-refractivity contribution >= 4 is 45.9 Å². The molecule has 2 heterocycles. The Morgan fingerprint density at radius 1 is 1.16 bits per heavy atom. The summed E-state index contributed by atoms with van der Waals surface area (Å²) in [4.78, 5) is 11.5. The van der Waals surface area contributed by atoms with Crippen LogP contribution in [0.15, 0.2) is 36.5 Å². The Kier molecular flexibility index (Phi) is 6.75. The minimum atomic E-state index is 0.498. The van der Waals surface area contributed by atoms with Gasteiger partial charge in [0.1, 0.15) is 23.0 Å². The van der Waals surface area contributed by atoms with Crippen molar-refractivity contribution in [1.29, 1.82) is 5.26 Å². The van der Waals surface area contributed by atoms with Crippen LogP contribution in [0, 0.1) is 18.3 Å². The highest BCUT2D eigenvalue weighted by Crippen LogP contribution is 2.32. The number of rotatable bonds is 7. The first-order valence-electron chi connectivity index (χ1n) is 10.5. The highest BCUT2D eigenvalue weighted by atomic mass is 32.2. The van der Waals surface area contributed by atoms with Crippen LogP contribution < -0.4 is 14.9 Å². The minimum absolute atomic E-state index is 0.498. The van der Waals surface area contributed by atoms with Crippen molar-refractivity contribution in [3.63, 3.8) is 0 Å². The molecule has 7 nitrogen and oxygen atoms in total. The van der Waals surface area contributed by atoms with Gasteiger partial charge in [0.25, 0.3) is 0 Å². The molecule has 0 atom stereocenters. The first-order chi connectivity index (χ1) is 15.2. The maximum Gasteiger partial charge on any atom is 0.148 e. The lowest BCUT2D eigenvalue weighted by atomic mass is 10.1. The van der Waals surface area contributed by atoms with Crippen LogP contribution in [0.2, 0.25) is 0 Å². The molecule has 1 aromatic heterocycles. The molecule has 1 fully saturated rings. The number of morpholine rings is 1. The van der Waals surface area contributed by atoms with Crippen LogP contribution >= 0.6 is 11.9 Å². The van der Waals surface area contributed by atoms with E-state index in [0.29, 0.717) is 29.8 Å². The van der Waals surface area contributed by atoms with Gasteiger partial charge in [0.15, 0.2) is 0 Å². The van der Waals surface area contributed by atoms with Gasteiger partial charge in [-0.2, -0.15) is 5.26 Å². The van der Waals surface area contributed by atoms with Gasteiger partial charge in [-0.05, 0) is 43.2 Å². The van der Waals surface area contributed by atoms with E-state index in [1.807, 2.05) is 24.3 Å². The predicted octanol–water partition coefficient (Wildman–Crippen LogP) is 4.86. The molecule has 160 valence electrons. The van der Waals surface area contributed by atoms with Gasteiger partial charge in [-0.3, -0.25) is 4.98 Å². The van der Waals surface area contributed by atoms with Crippen molar-refractivity contribution in [2.24, 2.45) is 0 Å². The number of nitrogens with zero attached hydrogens (tertiary/aromatic N) is 4. The van der Waals surface area contributed by atoms with Gasteiger partial charge in [-0.1, -0.05) is 24.9 Å². The summed E-state index contributed by atoms with van der Waals surface area (Å²) in [6.07, 6.45) is 2.89. The molecule has 4 rings (SSSR count). The van der Waals surface area contributed by atoms with Gasteiger partial charge in [0, 0.05) is 30.2 Å². The van der Waals surface area contributed by atoms with Crippen molar-refractivity contribution in [1.82, 2.24) is 9.97 Å². The van der Waals surface area contributed by atoms with Gasteiger partial charge < -0.3 is 19.7 Å². The number of anilines is 4. The third kappa shape index (κ3) is 4.68. The molecule has 3 aromatic rings. The Labute approximate surface area is 187 Å². The molecule has 0 amide bonds. The van der Waals surface area contributed by atoms with Gasteiger partial charge in [-0.25, -0.2) is 4.98 Å². The molecule has 31 heavy (non-hydrogen) atoms. The summed E-state index contributed by atoms with van der Waals surface area (Å²) in [6.45, 7) is 7.12. The number of benzene rings is 2. The second-order valence-corrected chi connectivity index (χ2v) is 8.25. The largest absolute Gasteiger partial charge is 0.378 e. The van der Waals surface area contributed by atoms with E-state index in [-0.39, 0.29) is 0 Å². The molecule has 8 heteroatoms. The van der Waals surface area contributed by atoms with Gasteiger partial charge in [-0.15, -0.1) is 0 Å². The van der Waals surface area contributed by atoms with E-state index < -0.39 is 0 Å². The zero-order valence-corrected chi connectivity index (χ0v) is 18.6. The second kappa shape index (κ2) is 9.86. The Balaban J connectivity index is 1.66. The molecule has 1 saturated heterocycles. The maximum atomic E-state index is 9.96. The van der Waals surface area contributed by atoms with Crippen molar-refractivity contribution in [3.8, 4) is 6.07 Å². The summed E-state index contributed by atoms with van der Waals surface area (Å²) in [5, 5.41) is 13.4. The molecule has 1 aliphatic heterocycles. The van der Waals surface area contributed by atoms with Crippen molar-refractivity contribution in [2.75, 3.05) is 47.0 Å². The fraction of sp³-hybridized carbons (Fsp3) is 0.348. The third-order valence-electron chi connectivity index (χ3n) is 5.24. The molecule has 0 radical (unpaired) electrons. The Morgan fingerprint density at radius 2 is 1.97 bits per heavy atom. The van der Waals surface area contributed by atoms with Gasteiger partial charge >= 0.3 is 0 Å². The summed E-state index contributed by atoms with van der Waals surface area (Å²) >= 11 is 1.70. The molecule has 0 bridgehead atoms. The first-order valence-corrected chi connectivity index (χ1v) is 11.5. The number of aromatic nitrogens is 2. The summed E-state index contributed by atoms with van der Waals surface area (Å²) < 4.78 is 8.85. The van der Waals surface area contributed by atoms with Crippen LogP contribution in [0.4, 0.5) is 22.9 Å². The van der Waals surface area contributed by atoms with Gasteiger partial charge in [0.2, 0.25) is 0 Å². The second-order valence-electron chi connectivity index (χ2n) is 7.35. The molecule has 0 aliphatic carbocycles. The Morgan fingerprint density at radius 3 is 2.74 bits per heavy atom. The fourth-order valence-electron chi connectivity index (χ4n) is 3.49. The minimum Gasteiger partial charge on any atom is -0.378 e. The van der Waals surface area contributed by atoms with Crippen LogP contribution in [0.25, 0.3) is 11.0 Å². The average Bonchev–Trinajstić information content (AvgIpc) is 2.81. The molecule has 0 saturated carbocycles. The number of ether oxygens (including phenoxy) is 1. The summed E-state index contributed by atoms with van der Waals surface area (Å²) in [5.41, 5.74) is 5.67. The number of hydrogen-bond acceptors (Lipinski definition) is 8. The average molecular weight is 435 g/mol. The van der Waals surface area contributed by atoms with Crippen LogP contribution in [0.3, 0.4) is 0 Å². The number of hydrogen-bond donors (Lipinski definition) is 2. The highest BCUT2D eigenvalue weighted by Gasteiger charge is 2.16. The number of nitrogens with one attached hydrogen (secondary N) is 2. The van der Waals surface area contributed by atoms with Crippen molar-refractivity contribution in [2.45, 2.75) is 20.3 Å². The van der Waals surface area contributed by atoms with Crippen LogP contribution in [0.5, 0.6) is 0 Å². The van der Waals surface area contributed by atoms with E-state index >= 15 is 0 Å². The normalized spacial score (nSPS) is 13.8. The lowest BCUT2D eigenvalue weighted by Crippen LogP contribution is -2.36. The van der Waals surface area contributed by atoms with E-state index in [1.54, 1.807) is 18.1 Å². The monoisotopic (exact) mass is 434 g/mol. The smallest absolute Gasteiger partial charge is 0.148 e. The molecular weight excluding hydrogens is 408 g/mol. The molecule has 2 N–H and O–H groups in total. The molecular formula is C23H26N6OS. The lowest BCUT2D eigenvalue weighted by molar-refractivity contribution is 0.122. The zero-order chi connectivity index (χ0) is 21.6. The molecule has 0 spiro atoms. The molecule has 1 aliphatic rings. The quantitative estimate of drug-likeness (QED) is 0.403.